The second-order valence-electron chi connectivity index (χ2n) is 5.69. The molecule has 0 spiro atoms. The van der Waals surface area contributed by atoms with Gasteiger partial charge in [0.05, 0.1) is 0 Å². The number of likely N-dealkylation sites (tertiary alicyclic amines) is 1. The van der Waals surface area contributed by atoms with Crippen LogP contribution in [0.5, 0.6) is 0 Å². The summed E-state index contributed by atoms with van der Waals surface area (Å²) >= 11 is 0. The molecule has 1 aliphatic rings. The number of carbonyl (C=O) groups excluding carboxylic acids is 2. The molecule has 120 valence electrons. The van der Waals surface area contributed by atoms with Crippen LogP contribution in [0.2, 0.25) is 0 Å². The van der Waals surface area contributed by atoms with Gasteiger partial charge in [-0.2, -0.15) is 0 Å². The molecule has 21 heavy (non-hydrogen) atoms. The lowest BCUT2D eigenvalue weighted by Gasteiger charge is -2.32. The minimum absolute atomic E-state index is 0.00818. The quantitative estimate of drug-likeness (QED) is 0.631. The van der Waals surface area contributed by atoms with Crippen molar-refractivity contribution in [1.29, 1.82) is 0 Å². The Bertz CT molecular complexity index is 389. The number of aliphatic carboxylic acids is 1. The molecule has 0 bridgehead atoms. The van der Waals surface area contributed by atoms with Crippen LogP contribution in [0.25, 0.3) is 0 Å². The Balaban J connectivity index is 2.29. The van der Waals surface area contributed by atoms with Crippen molar-refractivity contribution < 1.29 is 24.6 Å². The fourth-order valence-electron chi connectivity index (χ4n) is 2.33. The maximum absolute atomic E-state index is 11.9. The van der Waals surface area contributed by atoms with Crippen LogP contribution in [-0.4, -0.2) is 58.6 Å². The molecule has 0 unspecified atom stereocenters. The largest absolute Gasteiger partial charge is 0.479 e. The third-order valence-corrected chi connectivity index (χ3v) is 3.67. The van der Waals surface area contributed by atoms with Crippen LogP contribution in [0.1, 0.15) is 33.1 Å². The summed E-state index contributed by atoms with van der Waals surface area (Å²) in [4.78, 5) is 36.0. The molecule has 1 atom stereocenters. The maximum Gasteiger partial charge on any atom is 0.332 e. The lowest BCUT2D eigenvalue weighted by molar-refractivity contribution is -0.147. The van der Waals surface area contributed by atoms with Crippen LogP contribution in [0.4, 0.5) is 0 Å². The van der Waals surface area contributed by atoms with Gasteiger partial charge in [-0.15, -0.1) is 0 Å². The maximum atomic E-state index is 11.9. The molecule has 0 radical (unpaired) electrons. The van der Waals surface area contributed by atoms with E-state index < -0.39 is 12.1 Å². The highest BCUT2D eigenvalue weighted by Crippen LogP contribution is 2.18. The molecule has 3 N–H and O–H groups in total. The van der Waals surface area contributed by atoms with Gasteiger partial charge in [0.1, 0.15) is 0 Å². The van der Waals surface area contributed by atoms with E-state index >= 15 is 0 Å². The molecule has 0 aliphatic carbocycles. The van der Waals surface area contributed by atoms with Crippen molar-refractivity contribution in [3.8, 4) is 0 Å². The Morgan fingerprint density at radius 1 is 1.24 bits per heavy atom. The monoisotopic (exact) mass is 300 g/mol. The summed E-state index contributed by atoms with van der Waals surface area (Å²) in [5.74, 6) is -1.50. The minimum Gasteiger partial charge on any atom is -0.479 e. The summed E-state index contributed by atoms with van der Waals surface area (Å²) < 4.78 is 0. The van der Waals surface area contributed by atoms with Crippen LogP contribution in [0.3, 0.4) is 0 Å². The van der Waals surface area contributed by atoms with Crippen molar-refractivity contribution in [3.05, 3.63) is 0 Å². The number of hydrogen-bond acceptors (Lipinski definition) is 4. The summed E-state index contributed by atoms with van der Waals surface area (Å²) in [5.41, 5.74) is 0. The van der Waals surface area contributed by atoms with Crippen molar-refractivity contribution in [3.63, 3.8) is 0 Å². The van der Waals surface area contributed by atoms with E-state index in [1.807, 2.05) is 13.8 Å². The van der Waals surface area contributed by atoms with Crippen molar-refractivity contribution >= 4 is 17.8 Å². The topological polar surface area (TPSA) is 107 Å². The molecular weight excluding hydrogens is 276 g/mol. The van der Waals surface area contributed by atoms with Crippen LogP contribution in [-0.2, 0) is 14.4 Å². The first kappa shape index (κ1) is 17.4. The zero-order chi connectivity index (χ0) is 16.0. The molecule has 1 saturated heterocycles. The average Bonchev–Trinajstić information content (AvgIpc) is 2.46. The van der Waals surface area contributed by atoms with Gasteiger partial charge in [0.15, 0.2) is 6.10 Å². The molecule has 0 saturated carbocycles. The smallest absolute Gasteiger partial charge is 0.332 e. The highest BCUT2D eigenvalue weighted by Gasteiger charge is 2.28. The minimum atomic E-state index is -1.45. The van der Waals surface area contributed by atoms with E-state index in [9.17, 15) is 14.4 Å². The van der Waals surface area contributed by atoms with Crippen molar-refractivity contribution in [1.82, 2.24) is 10.2 Å². The van der Waals surface area contributed by atoms with Gasteiger partial charge >= 0.3 is 5.97 Å². The number of rotatable bonds is 6. The predicted octanol–water partition coefficient (Wildman–Crippen LogP) is -0.167. The number of carboxylic acids is 1. The Morgan fingerprint density at radius 2 is 1.81 bits per heavy atom. The summed E-state index contributed by atoms with van der Waals surface area (Å²) in [5, 5.41) is 20.3. The predicted molar refractivity (Wildman–Crippen MR) is 75.4 cm³/mol. The van der Waals surface area contributed by atoms with Crippen molar-refractivity contribution in [2.24, 2.45) is 11.8 Å². The SMILES string of the molecule is CC(C)C(=O)N1CCC(C(=O)NCC[C@H](O)C(=O)O)CC1. The lowest BCUT2D eigenvalue weighted by Crippen LogP contribution is -2.44. The summed E-state index contributed by atoms with van der Waals surface area (Å²) in [7, 11) is 0. The van der Waals surface area contributed by atoms with Gasteiger partial charge in [-0.3, -0.25) is 9.59 Å². The van der Waals surface area contributed by atoms with Gasteiger partial charge in [-0.25, -0.2) is 4.79 Å². The number of amides is 2. The van der Waals surface area contributed by atoms with E-state index in [2.05, 4.69) is 5.32 Å². The van der Waals surface area contributed by atoms with Crippen molar-refractivity contribution in [2.75, 3.05) is 19.6 Å². The first-order valence-corrected chi connectivity index (χ1v) is 7.30. The fraction of sp³-hybridized carbons (Fsp3) is 0.786. The number of carbonyl (C=O) groups is 3. The van der Waals surface area contributed by atoms with Gasteiger partial charge in [-0.05, 0) is 12.8 Å². The summed E-state index contributed by atoms with van der Waals surface area (Å²) in [6, 6.07) is 0. The molecule has 2 amide bonds. The molecule has 1 fully saturated rings. The Morgan fingerprint density at radius 3 is 2.29 bits per heavy atom. The number of nitrogens with zero attached hydrogens (tertiary/aromatic N) is 1. The zero-order valence-electron chi connectivity index (χ0n) is 12.5. The van der Waals surface area contributed by atoms with Gasteiger partial charge in [0, 0.05) is 37.9 Å². The second-order valence-corrected chi connectivity index (χ2v) is 5.69. The van der Waals surface area contributed by atoms with Gasteiger partial charge in [-0.1, -0.05) is 13.8 Å². The average molecular weight is 300 g/mol. The molecule has 0 aromatic rings. The summed E-state index contributed by atoms with van der Waals surface area (Å²) in [6.07, 6.45) is -0.223. The van der Waals surface area contributed by atoms with Gasteiger partial charge < -0.3 is 20.4 Å². The van der Waals surface area contributed by atoms with E-state index in [1.54, 1.807) is 4.90 Å². The third kappa shape index (κ3) is 5.34. The molecule has 1 heterocycles. The summed E-state index contributed by atoms with van der Waals surface area (Å²) in [6.45, 7) is 5.00. The van der Waals surface area contributed by atoms with E-state index in [4.69, 9.17) is 10.2 Å². The van der Waals surface area contributed by atoms with Crippen LogP contribution < -0.4 is 5.32 Å². The third-order valence-electron chi connectivity index (χ3n) is 3.67. The Hall–Kier alpha value is -1.63. The van der Waals surface area contributed by atoms with Crippen LogP contribution in [0, 0.1) is 11.8 Å². The van der Waals surface area contributed by atoms with E-state index in [0.29, 0.717) is 25.9 Å². The molecule has 1 rings (SSSR count). The molecule has 0 aromatic carbocycles. The standard InChI is InChI=1S/C14H24N2O5/c1-9(2)13(19)16-7-4-10(5-8-16)12(18)15-6-3-11(17)14(20)21/h9-11,17H,3-8H2,1-2H3,(H,15,18)(H,20,21)/t11-/m0/s1. The fourth-order valence-corrected chi connectivity index (χ4v) is 2.33. The van der Waals surface area contributed by atoms with E-state index in [0.717, 1.165) is 0 Å². The van der Waals surface area contributed by atoms with Gasteiger partial charge in [0.25, 0.3) is 0 Å². The first-order valence-electron chi connectivity index (χ1n) is 7.30. The van der Waals surface area contributed by atoms with Crippen LogP contribution in [0.15, 0.2) is 0 Å². The highest BCUT2D eigenvalue weighted by molar-refractivity contribution is 5.80. The highest BCUT2D eigenvalue weighted by atomic mass is 16.4. The lowest BCUT2D eigenvalue weighted by atomic mass is 9.95. The van der Waals surface area contributed by atoms with Crippen molar-refractivity contribution in [2.45, 2.75) is 39.2 Å². The van der Waals surface area contributed by atoms with E-state index in [-0.39, 0.29) is 36.6 Å². The van der Waals surface area contributed by atoms with Gasteiger partial charge in [0.2, 0.25) is 11.8 Å². The van der Waals surface area contributed by atoms with Crippen LogP contribution >= 0.6 is 0 Å². The second kappa shape index (κ2) is 7.97. The Labute approximate surface area is 124 Å². The number of aliphatic hydroxyl groups excluding tert-OH is 1. The molecular formula is C14H24N2O5. The number of piperidine rings is 1. The number of nitrogens with one attached hydrogen (secondary N) is 1. The normalized spacial score (nSPS) is 17.6. The molecule has 7 heteroatoms. The molecule has 1 aliphatic heterocycles. The Kier molecular flexibility index (Phi) is 6.61. The molecule has 0 aromatic heterocycles. The first-order chi connectivity index (χ1) is 9.82. The number of aliphatic hydroxyl groups is 1. The molecule has 7 nitrogen and oxygen atoms in total. The number of hydrogen-bond donors (Lipinski definition) is 3. The zero-order valence-corrected chi connectivity index (χ0v) is 12.5. The number of carboxylic acid groups (broad SMARTS) is 1. The van der Waals surface area contributed by atoms with E-state index in [1.165, 1.54) is 0 Å².